The highest BCUT2D eigenvalue weighted by Gasteiger charge is 2.17. The van der Waals surface area contributed by atoms with Crippen LogP contribution in [0.2, 0.25) is 0 Å². The van der Waals surface area contributed by atoms with Crippen molar-refractivity contribution in [2.45, 2.75) is 51.0 Å². The van der Waals surface area contributed by atoms with E-state index in [4.69, 9.17) is 9.84 Å². The van der Waals surface area contributed by atoms with E-state index in [1.165, 1.54) is 6.42 Å². The Morgan fingerprint density at radius 3 is 2.56 bits per heavy atom. The van der Waals surface area contributed by atoms with Crippen molar-refractivity contribution in [2.75, 3.05) is 6.54 Å². The van der Waals surface area contributed by atoms with E-state index in [0.29, 0.717) is 13.0 Å². The van der Waals surface area contributed by atoms with E-state index in [9.17, 15) is 9.59 Å². The van der Waals surface area contributed by atoms with E-state index in [1.54, 1.807) is 0 Å². The molecule has 0 aliphatic heterocycles. The van der Waals surface area contributed by atoms with Crippen LogP contribution in [0.4, 0.5) is 4.79 Å². The van der Waals surface area contributed by atoms with Gasteiger partial charge in [0.25, 0.3) is 0 Å². The summed E-state index contributed by atoms with van der Waals surface area (Å²) >= 11 is 0. The van der Waals surface area contributed by atoms with Crippen LogP contribution in [0.15, 0.2) is 0 Å². The summed E-state index contributed by atoms with van der Waals surface area (Å²) in [5.41, 5.74) is 0. The predicted molar refractivity (Wildman–Crippen MR) is 58.2 cm³/mol. The Morgan fingerprint density at radius 2 is 1.94 bits per heavy atom. The van der Waals surface area contributed by atoms with Gasteiger partial charge in [0, 0.05) is 13.0 Å². The summed E-state index contributed by atoms with van der Waals surface area (Å²) in [5.74, 6) is -0.845. The number of aliphatic carboxylic acids is 1. The Balaban J connectivity index is 2.03. The fraction of sp³-hybridized carbons (Fsp3) is 0.818. The Morgan fingerprint density at radius 1 is 1.25 bits per heavy atom. The van der Waals surface area contributed by atoms with Crippen molar-refractivity contribution in [3.63, 3.8) is 0 Å². The van der Waals surface area contributed by atoms with Gasteiger partial charge in [-0.2, -0.15) is 0 Å². The van der Waals surface area contributed by atoms with Gasteiger partial charge in [-0.25, -0.2) is 4.79 Å². The monoisotopic (exact) mass is 229 g/mol. The molecule has 1 aliphatic carbocycles. The van der Waals surface area contributed by atoms with Gasteiger partial charge in [-0.15, -0.1) is 0 Å². The molecule has 1 fully saturated rings. The van der Waals surface area contributed by atoms with Crippen molar-refractivity contribution in [1.29, 1.82) is 0 Å². The fourth-order valence-electron chi connectivity index (χ4n) is 1.81. The second-order valence-corrected chi connectivity index (χ2v) is 4.09. The van der Waals surface area contributed by atoms with Gasteiger partial charge in [0.15, 0.2) is 0 Å². The summed E-state index contributed by atoms with van der Waals surface area (Å²) in [6.45, 7) is 0.359. The van der Waals surface area contributed by atoms with Crippen LogP contribution in [0, 0.1) is 0 Å². The lowest BCUT2D eigenvalue weighted by molar-refractivity contribution is -0.137. The summed E-state index contributed by atoms with van der Waals surface area (Å²) in [6, 6.07) is 0. The number of amides is 1. The Hall–Kier alpha value is -1.26. The number of carboxylic acid groups (broad SMARTS) is 1. The van der Waals surface area contributed by atoms with Crippen LogP contribution in [0.3, 0.4) is 0 Å². The maximum absolute atomic E-state index is 11.3. The third kappa shape index (κ3) is 5.58. The van der Waals surface area contributed by atoms with E-state index in [0.717, 1.165) is 25.7 Å². The molecule has 0 aromatic carbocycles. The molecule has 16 heavy (non-hydrogen) atoms. The zero-order chi connectivity index (χ0) is 11.8. The van der Waals surface area contributed by atoms with Crippen molar-refractivity contribution >= 4 is 12.1 Å². The number of carbonyl (C=O) groups excluding carboxylic acids is 1. The van der Waals surface area contributed by atoms with E-state index in [-0.39, 0.29) is 12.5 Å². The number of ether oxygens (including phenoxy) is 1. The van der Waals surface area contributed by atoms with Crippen LogP contribution in [0.1, 0.15) is 44.9 Å². The molecule has 1 amide bonds. The predicted octanol–water partition coefficient (Wildman–Crippen LogP) is 1.91. The normalized spacial score (nSPS) is 16.8. The molecule has 2 N–H and O–H groups in total. The highest BCUT2D eigenvalue weighted by atomic mass is 16.6. The number of hydrogen-bond donors (Lipinski definition) is 2. The fourth-order valence-corrected chi connectivity index (χ4v) is 1.81. The largest absolute Gasteiger partial charge is 0.481 e. The molecule has 0 radical (unpaired) electrons. The van der Waals surface area contributed by atoms with E-state index >= 15 is 0 Å². The second kappa shape index (κ2) is 7.09. The lowest BCUT2D eigenvalue weighted by atomic mass is 9.98. The molecule has 1 saturated carbocycles. The number of carbonyl (C=O) groups is 2. The maximum Gasteiger partial charge on any atom is 0.407 e. The molecule has 0 heterocycles. The lowest BCUT2D eigenvalue weighted by Crippen LogP contribution is -2.30. The summed E-state index contributed by atoms with van der Waals surface area (Å²) < 4.78 is 5.20. The third-order valence-electron chi connectivity index (χ3n) is 2.66. The van der Waals surface area contributed by atoms with Gasteiger partial charge in [0.05, 0.1) is 0 Å². The molecule has 0 saturated heterocycles. The Labute approximate surface area is 95.2 Å². The highest BCUT2D eigenvalue weighted by Crippen LogP contribution is 2.20. The molecule has 0 aromatic heterocycles. The van der Waals surface area contributed by atoms with Crippen molar-refractivity contribution in [3.05, 3.63) is 0 Å². The highest BCUT2D eigenvalue weighted by molar-refractivity contribution is 5.68. The molecular formula is C11H19NO4. The van der Waals surface area contributed by atoms with Crippen LogP contribution in [0.25, 0.3) is 0 Å². The van der Waals surface area contributed by atoms with E-state index < -0.39 is 12.1 Å². The molecule has 0 unspecified atom stereocenters. The molecule has 92 valence electrons. The first-order valence-corrected chi connectivity index (χ1v) is 5.85. The van der Waals surface area contributed by atoms with Crippen LogP contribution < -0.4 is 5.32 Å². The third-order valence-corrected chi connectivity index (χ3v) is 2.66. The average Bonchev–Trinajstić information content (AvgIpc) is 2.25. The van der Waals surface area contributed by atoms with Crippen LogP contribution in [0.5, 0.6) is 0 Å². The number of hydrogen-bond acceptors (Lipinski definition) is 3. The number of nitrogens with one attached hydrogen (secondary N) is 1. The minimum absolute atomic E-state index is 0.0493. The van der Waals surface area contributed by atoms with Crippen molar-refractivity contribution in [3.8, 4) is 0 Å². The van der Waals surface area contributed by atoms with Gasteiger partial charge in [-0.1, -0.05) is 6.42 Å². The SMILES string of the molecule is O=C(O)CCCNC(=O)OC1CCCCC1. The number of alkyl carbamates (subject to hydrolysis) is 1. The quantitative estimate of drug-likeness (QED) is 0.706. The average molecular weight is 229 g/mol. The zero-order valence-electron chi connectivity index (χ0n) is 9.41. The van der Waals surface area contributed by atoms with Crippen LogP contribution >= 0.6 is 0 Å². The standard InChI is InChI=1S/C11H19NO4/c13-10(14)7-4-8-12-11(15)16-9-5-2-1-3-6-9/h9H,1-8H2,(H,12,15)(H,13,14). The topological polar surface area (TPSA) is 75.6 Å². The minimum atomic E-state index is -0.845. The Bertz CT molecular complexity index is 236. The van der Waals surface area contributed by atoms with Gasteiger partial charge in [-0.3, -0.25) is 4.79 Å². The number of rotatable bonds is 5. The molecular weight excluding hydrogens is 210 g/mol. The molecule has 0 bridgehead atoms. The molecule has 1 rings (SSSR count). The summed E-state index contributed by atoms with van der Waals surface area (Å²) in [5, 5.41) is 11.0. The second-order valence-electron chi connectivity index (χ2n) is 4.09. The molecule has 0 spiro atoms. The minimum Gasteiger partial charge on any atom is -0.481 e. The zero-order valence-corrected chi connectivity index (χ0v) is 9.41. The molecule has 5 nitrogen and oxygen atoms in total. The smallest absolute Gasteiger partial charge is 0.407 e. The van der Waals surface area contributed by atoms with Gasteiger partial charge in [0.2, 0.25) is 0 Å². The van der Waals surface area contributed by atoms with Crippen LogP contribution in [-0.4, -0.2) is 29.8 Å². The van der Waals surface area contributed by atoms with Gasteiger partial charge < -0.3 is 15.2 Å². The maximum atomic E-state index is 11.3. The van der Waals surface area contributed by atoms with Crippen molar-refractivity contribution in [1.82, 2.24) is 5.32 Å². The van der Waals surface area contributed by atoms with E-state index in [1.807, 2.05) is 0 Å². The molecule has 0 aromatic rings. The van der Waals surface area contributed by atoms with Crippen molar-refractivity contribution < 1.29 is 19.4 Å². The van der Waals surface area contributed by atoms with Crippen LogP contribution in [-0.2, 0) is 9.53 Å². The van der Waals surface area contributed by atoms with E-state index in [2.05, 4.69) is 5.32 Å². The first kappa shape index (κ1) is 12.8. The van der Waals surface area contributed by atoms with Gasteiger partial charge in [-0.05, 0) is 32.1 Å². The summed E-state index contributed by atoms with van der Waals surface area (Å²) in [7, 11) is 0. The molecule has 5 heteroatoms. The molecule has 0 atom stereocenters. The first-order valence-electron chi connectivity index (χ1n) is 5.85. The summed E-state index contributed by atoms with van der Waals surface area (Å²) in [6.07, 6.45) is 5.50. The molecule has 1 aliphatic rings. The Kier molecular flexibility index (Phi) is 5.67. The lowest BCUT2D eigenvalue weighted by Gasteiger charge is -2.21. The van der Waals surface area contributed by atoms with Crippen molar-refractivity contribution in [2.24, 2.45) is 0 Å². The summed E-state index contributed by atoms with van der Waals surface area (Å²) in [4.78, 5) is 21.5. The van der Waals surface area contributed by atoms with Gasteiger partial charge in [0.1, 0.15) is 6.10 Å². The number of carboxylic acids is 1. The first-order chi connectivity index (χ1) is 7.68. The van der Waals surface area contributed by atoms with Gasteiger partial charge >= 0.3 is 12.1 Å².